The molecule has 0 fully saturated rings. The Morgan fingerprint density at radius 3 is 1.14 bits per heavy atom. The summed E-state index contributed by atoms with van der Waals surface area (Å²) in [4.78, 5) is 2.17. The van der Waals surface area contributed by atoms with Gasteiger partial charge in [0.25, 0.3) is 0 Å². The van der Waals surface area contributed by atoms with Gasteiger partial charge in [0.05, 0.1) is 0 Å². The van der Waals surface area contributed by atoms with Gasteiger partial charge in [-0.2, -0.15) is 0 Å². The van der Waals surface area contributed by atoms with Gasteiger partial charge in [-0.3, -0.25) is 4.90 Å². The first-order chi connectivity index (χ1) is 5.85. The fraction of sp³-hybridized carbons (Fsp3) is 0.750. The molecular weight excluding hydrogens is 385 g/mol. The number of hydrogen-bond donors (Lipinski definition) is 3. The van der Waals surface area contributed by atoms with Crippen molar-refractivity contribution < 1.29 is 20.0 Å². The van der Waals surface area contributed by atoms with Gasteiger partial charge in [0.15, 0.2) is 0 Å². The molecule has 0 aliphatic rings. The molecule has 0 saturated carbocycles. The van der Waals surface area contributed by atoms with E-state index in [2.05, 4.69) is 14.1 Å². The van der Waals surface area contributed by atoms with E-state index in [1.165, 1.54) is 0 Å². The van der Waals surface area contributed by atoms with Crippen LogP contribution >= 0.6 is 9.19 Å². The van der Waals surface area contributed by atoms with Gasteiger partial charge in [-0.1, -0.05) is 0 Å². The average molecular weight is 409 g/mol. The zero-order chi connectivity index (χ0) is 9.82. The Labute approximate surface area is 105 Å². The van der Waals surface area contributed by atoms with Crippen molar-refractivity contribution in [3.63, 3.8) is 0 Å². The molecule has 0 radical (unpaired) electrons. The molecule has 14 heavy (non-hydrogen) atoms. The quantitative estimate of drug-likeness (QED) is 0.418. The fourth-order valence-electron chi connectivity index (χ4n) is 0.883. The molecule has 0 unspecified atom stereocenters. The maximum absolute atomic E-state index is 5.37. The monoisotopic (exact) mass is 408 g/mol. The van der Waals surface area contributed by atoms with Crippen molar-refractivity contribution in [2.24, 2.45) is 17.2 Å². The van der Waals surface area contributed by atoms with Crippen molar-refractivity contribution in [2.45, 2.75) is 0 Å². The molecule has 0 aromatic carbocycles. The zero-order valence-electron chi connectivity index (χ0n) is 9.10. The van der Waals surface area contributed by atoms with E-state index < -0.39 is 0 Å². The van der Waals surface area contributed by atoms with Crippen LogP contribution in [0.2, 0.25) is 0 Å². The van der Waals surface area contributed by atoms with Gasteiger partial charge in [0.1, 0.15) is 0 Å². The molecule has 0 rings (SSSR count). The van der Waals surface area contributed by atoms with Crippen LogP contribution in [0.5, 0.6) is 0 Å². The topological polar surface area (TPSA) is 81.3 Å². The van der Waals surface area contributed by atoms with E-state index >= 15 is 0 Å². The van der Waals surface area contributed by atoms with Crippen LogP contribution in [0.25, 0.3) is 0 Å². The van der Waals surface area contributed by atoms with Gasteiger partial charge < -0.3 is 32.1 Å². The van der Waals surface area contributed by atoms with Crippen molar-refractivity contribution in [1.82, 2.24) is 4.90 Å². The van der Waals surface area contributed by atoms with Crippen molar-refractivity contribution in [3.05, 3.63) is 14.9 Å². The summed E-state index contributed by atoms with van der Waals surface area (Å²) in [6.07, 6.45) is 0. The standard InChI is InChI=1S/C6H18N4.2CH3.Au.ClH/c7-1-4-10(5-2-8)6-3-9;;;;/h1-9H2;2*1H3;;1H/q;2*-1;+1;/p-1. The van der Waals surface area contributed by atoms with Crippen LogP contribution in [0.15, 0.2) is 0 Å². The van der Waals surface area contributed by atoms with Crippen molar-refractivity contribution in [1.29, 1.82) is 0 Å². The zero-order valence-corrected chi connectivity index (χ0v) is 12.0. The summed E-state index contributed by atoms with van der Waals surface area (Å²) < 4.78 is 0. The van der Waals surface area contributed by atoms with Gasteiger partial charge >= 0.3 is 29.2 Å². The van der Waals surface area contributed by atoms with E-state index in [1.54, 1.807) is 20.0 Å². The van der Waals surface area contributed by atoms with Crippen molar-refractivity contribution in [2.75, 3.05) is 39.3 Å². The van der Waals surface area contributed by atoms with Crippen LogP contribution in [-0.4, -0.2) is 44.2 Å². The summed E-state index contributed by atoms with van der Waals surface area (Å²) >= 11 is 1.75. The molecule has 0 aromatic rings. The molecule has 0 saturated heterocycles. The second-order valence-electron chi connectivity index (χ2n) is 2.21. The van der Waals surface area contributed by atoms with Gasteiger partial charge in [0.2, 0.25) is 0 Å². The molecule has 0 aromatic heterocycles. The molecule has 0 spiro atoms. The average Bonchev–Trinajstić information content (AvgIpc) is 2.10. The van der Waals surface area contributed by atoms with Crippen LogP contribution in [0.1, 0.15) is 0 Å². The first kappa shape index (κ1) is 24.2. The van der Waals surface area contributed by atoms with E-state index in [-0.39, 0.29) is 14.9 Å². The number of rotatable bonds is 6. The Morgan fingerprint density at radius 1 is 0.786 bits per heavy atom. The molecule has 0 bridgehead atoms. The molecule has 0 atom stereocenters. The van der Waals surface area contributed by atoms with Gasteiger partial charge in [0, 0.05) is 39.3 Å². The third-order valence-corrected chi connectivity index (χ3v) is 1.34. The first-order valence-corrected chi connectivity index (χ1v) is 6.47. The van der Waals surface area contributed by atoms with Gasteiger partial charge in [-0.15, -0.1) is 0 Å². The molecule has 96 valence electrons. The summed E-state index contributed by atoms with van der Waals surface area (Å²) in [6.45, 7) is 4.73. The van der Waals surface area contributed by atoms with Crippen LogP contribution in [0.3, 0.4) is 0 Å². The molecular formula is C8H24AuClN4-2. The molecule has 4 nitrogen and oxygen atoms in total. The first-order valence-electron chi connectivity index (χ1n) is 3.79. The molecule has 0 amide bonds. The second kappa shape index (κ2) is 23.6. The third-order valence-electron chi connectivity index (χ3n) is 1.34. The van der Waals surface area contributed by atoms with E-state index in [0.717, 1.165) is 19.6 Å². The van der Waals surface area contributed by atoms with E-state index in [1.807, 2.05) is 0 Å². The molecule has 6 N–H and O–H groups in total. The van der Waals surface area contributed by atoms with Crippen molar-refractivity contribution in [3.8, 4) is 0 Å². The predicted octanol–water partition coefficient (Wildman–Crippen LogP) is -0.248. The number of hydrogen-bond acceptors (Lipinski definition) is 4. The molecule has 0 heterocycles. The van der Waals surface area contributed by atoms with E-state index in [4.69, 9.17) is 17.2 Å². The Kier molecular flexibility index (Phi) is 40.8. The summed E-state index contributed by atoms with van der Waals surface area (Å²) in [6, 6.07) is 0. The summed E-state index contributed by atoms with van der Waals surface area (Å²) in [5, 5.41) is 0. The molecule has 0 aliphatic carbocycles. The van der Waals surface area contributed by atoms with Crippen LogP contribution in [0.4, 0.5) is 0 Å². The SMILES string of the molecule is NCCN(CCN)CCN.[CH3-].[CH3-].[Cl][Au]. The van der Waals surface area contributed by atoms with Gasteiger partial charge in [-0.25, -0.2) is 0 Å². The van der Waals surface area contributed by atoms with Crippen LogP contribution in [-0.2, 0) is 20.0 Å². The minimum atomic E-state index is 0. The van der Waals surface area contributed by atoms with Crippen LogP contribution in [0, 0.1) is 14.9 Å². The maximum atomic E-state index is 5.37. The predicted molar refractivity (Wildman–Crippen MR) is 62.3 cm³/mol. The van der Waals surface area contributed by atoms with E-state index in [9.17, 15) is 0 Å². The minimum absolute atomic E-state index is 0. The second-order valence-corrected chi connectivity index (χ2v) is 2.21. The summed E-state index contributed by atoms with van der Waals surface area (Å²) in [5.41, 5.74) is 16.1. The molecule has 6 heteroatoms. The molecule has 0 aliphatic heterocycles. The number of halogens is 1. The third kappa shape index (κ3) is 18.6. The number of nitrogens with two attached hydrogens (primary N) is 3. The Balaban J connectivity index is -0.000000117. The fourth-order valence-corrected chi connectivity index (χ4v) is 0.883. The normalized spacial score (nSPS) is 8.21. The van der Waals surface area contributed by atoms with Crippen LogP contribution < -0.4 is 17.2 Å². The Morgan fingerprint density at radius 2 is 1.00 bits per heavy atom. The summed E-state index contributed by atoms with van der Waals surface area (Å²) in [5.74, 6) is 0. The summed E-state index contributed by atoms with van der Waals surface area (Å²) in [7, 11) is 4.58. The van der Waals surface area contributed by atoms with Gasteiger partial charge in [-0.05, 0) is 0 Å². The Hall–Kier alpha value is 0.870. The van der Waals surface area contributed by atoms with Crippen molar-refractivity contribution >= 4 is 9.19 Å². The van der Waals surface area contributed by atoms with E-state index in [0.29, 0.717) is 19.6 Å². The Bertz CT molecular complexity index is 64.1. The number of nitrogens with zero attached hydrogens (tertiary/aromatic N) is 1.